The Morgan fingerprint density at radius 2 is 2.40 bits per heavy atom. The number of piperidine rings is 1. The van der Waals surface area contributed by atoms with Crippen molar-refractivity contribution in [3.05, 3.63) is 34.7 Å². The van der Waals surface area contributed by atoms with Gasteiger partial charge in [0.05, 0.1) is 36.0 Å². The van der Waals surface area contributed by atoms with Gasteiger partial charge in [0.15, 0.2) is 0 Å². The van der Waals surface area contributed by atoms with Gasteiger partial charge in [-0.3, -0.25) is 9.78 Å². The zero-order valence-corrected chi connectivity index (χ0v) is 15.0. The van der Waals surface area contributed by atoms with Gasteiger partial charge in [0.25, 0.3) is 5.91 Å². The maximum absolute atomic E-state index is 12.7. The Kier molecular flexibility index (Phi) is 4.39. The first-order chi connectivity index (χ1) is 12.1. The minimum atomic E-state index is -0.265. The van der Waals surface area contributed by atoms with Crippen molar-refractivity contribution >= 4 is 23.1 Å². The van der Waals surface area contributed by atoms with Gasteiger partial charge in [-0.1, -0.05) is 0 Å². The minimum absolute atomic E-state index is 0.0114. The molecule has 2 saturated heterocycles. The number of aryl methyl sites for hydroxylation is 1. The van der Waals surface area contributed by atoms with Gasteiger partial charge in [-0.15, -0.1) is 11.3 Å². The van der Waals surface area contributed by atoms with Crippen LogP contribution in [-0.4, -0.2) is 57.1 Å². The molecule has 1 amide bonds. The number of hydrogen-bond donors (Lipinski definition) is 1. The van der Waals surface area contributed by atoms with Gasteiger partial charge >= 0.3 is 0 Å². The number of likely N-dealkylation sites (tertiary alicyclic amines) is 1. The van der Waals surface area contributed by atoms with Crippen LogP contribution in [0.25, 0.3) is 0 Å². The number of hydrogen-bond acceptors (Lipinski definition) is 7. The molecule has 8 heteroatoms. The summed E-state index contributed by atoms with van der Waals surface area (Å²) in [4.78, 5) is 27.3. The van der Waals surface area contributed by atoms with Crippen LogP contribution in [0.5, 0.6) is 0 Å². The molecule has 2 aliphatic heterocycles. The lowest BCUT2D eigenvalue weighted by molar-refractivity contribution is -0.0448. The van der Waals surface area contributed by atoms with Crippen LogP contribution < -0.4 is 5.32 Å². The lowest BCUT2D eigenvalue weighted by Gasteiger charge is -2.39. The molecule has 2 atom stereocenters. The van der Waals surface area contributed by atoms with Gasteiger partial charge in [0.2, 0.25) is 0 Å². The second-order valence-corrected chi connectivity index (χ2v) is 7.77. The van der Waals surface area contributed by atoms with Crippen LogP contribution in [0.15, 0.2) is 24.0 Å². The van der Waals surface area contributed by atoms with Crippen molar-refractivity contribution < 1.29 is 9.53 Å². The van der Waals surface area contributed by atoms with E-state index < -0.39 is 0 Å². The van der Waals surface area contributed by atoms with Crippen LogP contribution >= 0.6 is 11.3 Å². The van der Waals surface area contributed by atoms with E-state index in [1.807, 2.05) is 17.2 Å². The largest absolute Gasteiger partial charge is 0.371 e. The lowest BCUT2D eigenvalue weighted by atomic mass is 9.88. The molecule has 1 spiro atoms. The Morgan fingerprint density at radius 3 is 3.16 bits per heavy atom. The van der Waals surface area contributed by atoms with Crippen LogP contribution in [0.2, 0.25) is 0 Å². The lowest BCUT2D eigenvalue weighted by Crippen LogP contribution is -2.50. The van der Waals surface area contributed by atoms with E-state index in [9.17, 15) is 4.79 Å². The van der Waals surface area contributed by atoms with Crippen LogP contribution in [0.3, 0.4) is 0 Å². The summed E-state index contributed by atoms with van der Waals surface area (Å²) in [7, 11) is 0. The average Bonchev–Trinajstić information content (AvgIpc) is 3.22. The number of thiazole rings is 1. The third-order valence-electron chi connectivity index (χ3n) is 4.79. The molecule has 132 valence electrons. The number of ether oxygens (including phenoxy) is 1. The number of anilines is 1. The van der Waals surface area contributed by atoms with E-state index in [1.54, 1.807) is 18.6 Å². The fraction of sp³-hybridized carbons (Fsp3) is 0.529. The third-order valence-corrected chi connectivity index (χ3v) is 5.56. The van der Waals surface area contributed by atoms with Crippen LogP contribution in [0.1, 0.15) is 34.8 Å². The number of amides is 1. The predicted molar refractivity (Wildman–Crippen MR) is 94.7 cm³/mol. The first-order valence-electron chi connectivity index (χ1n) is 8.51. The van der Waals surface area contributed by atoms with E-state index in [1.165, 1.54) is 11.3 Å². The maximum atomic E-state index is 12.7. The molecule has 2 aromatic rings. The fourth-order valence-corrected chi connectivity index (χ4v) is 4.29. The highest BCUT2D eigenvalue weighted by molar-refractivity contribution is 7.09. The third kappa shape index (κ3) is 3.50. The highest BCUT2D eigenvalue weighted by Crippen LogP contribution is 2.36. The first-order valence-corrected chi connectivity index (χ1v) is 9.39. The van der Waals surface area contributed by atoms with E-state index in [0.29, 0.717) is 18.8 Å². The van der Waals surface area contributed by atoms with Crippen LogP contribution in [0.4, 0.5) is 5.82 Å². The van der Waals surface area contributed by atoms with Gasteiger partial charge in [-0.05, 0) is 19.8 Å². The standard InChI is InChI=1S/C17H21N5O2S/c1-12-20-14(10-25-12)16(23)22-6-2-3-17(11-22)7-13(9-24-17)21-15-8-18-4-5-19-15/h4-5,8,10,13H,2-3,6-7,9,11H2,1H3,(H,19,21). The molecule has 4 heterocycles. The second kappa shape index (κ2) is 6.68. The highest BCUT2D eigenvalue weighted by Gasteiger charge is 2.44. The Balaban J connectivity index is 1.41. The molecule has 2 aliphatic rings. The number of carbonyl (C=O) groups is 1. The molecule has 0 aromatic carbocycles. The van der Waals surface area contributed by atoms with E-state index in [-0.39, 0.29) is 17.6 Å². The Morgan fingerprint density at radius 1 is 1.48 bits per heavy atom. The monoisotopic (exact) mass is 359 g/mol. The van der Waals surface area contributed by atoms with Crippen molar-refractivity contribution in [3.8, 4) is 0 Å². The molecule has 7 nitrogen and oxygen atoms in total. The van der Waals surface area contributed by atoms with Crippen molar-refractivity contribution in [2.75, 3.05) is 25.0 Å². The van der Waals surface area contributed by atoms with E-state index in [0.717, 1.165) is 36.6 Å². The molecule has 25 heavy (non-hydrogen) atoms. The molecule has 1 N–H and O–H groups in total. The average molecular weight is 359 g/mol. The van der Waals surface area contributed by atoms with Crippen molar-refractivity contribution in [2.24, 2.45) is 0 Å². The SMILES string of the molecule is Cc1nc(C(=O)N2CCCC3(CC(Nc4cnccn4)CO3)C2)cs1. The summed E-state index contributed by atoms with van der Waals surface area (Å²) in [6, 6.07) is 0.188. The number of nitrogens with zero attached hydrogens (tertiary/aromatic N) is 4. The molecule has 0 saturated carbocycles. The number of nitrogens with one attached hydrogen (secondary N) is 1. The van der Waals surface area contributed by atoms with Crippen LogP contribution in [-0.2, 0) is 4.74 Å². The van der Waals surface area contributed by atoms with Crippen LogP contribution in [0, 0.1) is 6.92 Å². The Bertz CT molecular complexity index is 753. The summed E-state index contributed by atoms with van der Waals surface area (Å²) >= 11 is 1.51. The van der Waals surface area contributed by atoms with Gasteiger partial charge in [-0.2, -0.15) is 0 Å². The first kappa shape index (κ1) is 16.4. The van der Waals surface area contributed by atoms with Crippen molar-refractivity contribution in [3.63, 3.8) is 0 Å². The summed E-state index contributed by atoms with van der Waals surface area (Å²) < 4.78 is 6.17. The molecule has 0 aliphatic carbocycles. The van der Waals surface area contributed by atoms with Gasteiger partial charge in [0, 0.05) is 30.7 Å². The molecule has 2 aromatic heterocycles. The van der Waals surface area contributed by atoms with Crippen molar-refractivity contribution in [1.82, 2.24) is 19.9 Å². The number of rotatable bonds is 3. The second-order valence-electron chi connectivity index (χ2n) is 6.71. The quantitative estimate of drug-likeness (QED) is 0.904. The summed E-state index contributed by atoms with van der Waals surface area (Å²) in [5.41, 5.74) is 0.283. The molecule has 2 unspecified atom stereocenters. The zero-order chi connectivity index (χ0) is 17.3. The number of aromatic nitrogens is 3. The van der Waals surface area contributed by atoms with Crippen molar-refractivity contribution in [1.29, 1.82) is 0 Å². The summed E-state index contributed by atoms with van der Waals surface area (Å²) in [6.07, 6.45) is 7.83. The van der Waals surface area contributed by atoms with E-state index in [2.05, 4.69) is 20.3 Å². The van der Waals surface area contributed by atoms with Crippen molar-refractivity contribution in [2.45, 2.75) is 37.8 Å². The van der Waals surface area contributed by atoms with E-state index in [4.69, 9.17) is 4.74 Å². The summed E-state index contributed by atoms with van der Waals surface area (Å²) in [5, 5.41) is 6.14. The molecule has 2 fully saturated rings. The summed E-state index contributed by atoms with van der Waals surface area (Å²) in [6.45, 7) is 3.93. The summed E-state index contributed by atoms with van der Waals surface area (Å²) in [5.74, 6) is 0.771. The van der Waals surface area contributed by atoms with E-state index >= 15 is 0 Å². The molecular weight excluding hydrogens is 338 g/mol. The minimum Gasteiger partial charge on any atom is -0.371 e. The Labute approximate surface area is 150 Å². The topological polar surface area (TPSA) is 80.2 Å². The smallest absolute Gasteiger partial charge is 0.273 e. The molecule has 0 radical (unpaired) electrons. The predicted octanol–water partition coefficient (Wildman–Crippen LogP) is 2.12. The van der Waals surface area contributed by atoms with Gasteiger partial charge in [-0.25, -0.2) is 9.97 Å². The van der Waals surface area contributed by atoms with Gasteiger partial charge < -0.3 is 15.0 Å². The maximum Gasteiger partial charge on any atom is 0.273 e. The molecular formula is C17H21N5O2S. The van der Waals surface area contributed by atoms with Gasteiger partial charge in [0.1, 0.15) is 11.5 Å². The molecule has 0 bridgehead atoms. The zero-order valence-electron chi connectivity index (χ0n) is 14.1. The fourth-order valence-electron chi connectivity index (χ4n) is 3.70. The Hall–Kier alpha value is -2.06. The molecule has 4 rings (SSSR count). The normalized spacial score (nSPS) is 26.1. The number of carbonyl (C=O) groups excluding carboxylic acids is 1. The highest BCUT2D eigenvalue weighted by atomic mass is 32.1.